The van der Waals surface area contributed by atoms with E-state index in [4.69, 9.17) is 15.2 Å². The highest BCUT2D eigenvalue weighted by atomic mass is 32.2. The lowest BCUT2D eigenvalue weighted by Crippen LogP contribution is -2.51. The van der Waals surface area contributed by atoms with Crippen LogP contribution in [0.15, 0.2) is 23.4 Å². The first kappa shape index (κ1) is 20.8. The summed E-state index contributed by atoms with van der Waals surface area (Å²) in [6.45, 7) is 4.36. The Morgan fingerprint density at radius 3 is 2.75 bits per heavy atom. The minimum atomic E-state index is -3.39. The van der Waals surface area contributed by atoms with Gasteiger partial charge >= 0.3 is 0 Å². The molecule has 0 bridgehead atoms. The molecule has 1 fully saturated rings. The molecule has 0 atom stereocenters. The largest absolute Gasteiger partial charge is 0.486 e. The summed E-state index contributed by atoms with van der Waals surface area (Å²) < 4.78 is 37.1. The van der Waals surface area contributed by atoms with Crippen LogP contribution in [-0.2, 0) is 14.8 Å². The van der Waals surface area contributed by atoms with Crippen molar-refractivity contribution < 1.29 is 23.1 Å². The number of benzene rings is 1. The quantitative estimate of drug-likeness (QED) is 0.344. The smallest absolute Gasteiger partial charge is 0.229 e. The van der Waals surface area contributed by atoms with Crippen LogP contribution in [0.1, 0.15) is 24.8 Å². The van der Waals surface area contributed by atoms with E-state index in [0.29, 0.717) is 48.9 Å². The van der Waals surface area contributed by atoms with Crippen LogP contribution < -0.4 is 15.2 Å². The molecule has 156 valence electrons. The first-order valence-corrected chi connectivity index (χ1v) is 11.3. The molecular weight excluding hydrogens is 384 g/mol. The summed E-state index contributed by atoms with van der Waals surface area (Å²) in [5.41, 5.74) is 6.55. The summed E-state index contributed by atoms with van der Waals surface area (Å²) in [6, 6.07) is 5.02. The van der Waals surface area contributed by atoms with E-state index in [1.54, 1.807) is 18.2 Å². The normalized spacial score (nSPS) is 20.7. The molecule has 28 heavy (non-hydrogen) atoms. The Balaban J connectivity index is 1.68. The van der Waals surface area contributed by atoms with E-state index in [0.717, 1.165) is 38.7 Å². The summed E-state index contributed by atoms with van der Waals surface area (Å²) in [7, 11) is -3.39. The summed E-state index contributed by atoms with van der Waals surface area (Å²) in [5.74, 6) is 0.609. The van der Waals surface area contributed by atoms with Crippen LogP contribution in [0.3, 0.4) is 0 Å². The fraction of sp³-hybridized carbons (Fsp3) is 0.611. The third-order valence-electron chi connectivity index (χ3n) is 5.11. The zero-order valence-corrected chi connectivity index (χ0v) is 16.9. The molecule has 2 heterocycles. The van der Waals surface area contributed by atoms with Gasteiger partial charge in [-0.15, -0.1) is 0 Å². The van der Waals surface area contributed by atoms with E-state index < -0.39 is 15.6 Å². The van der Waals surface area contributed by atoms with Gasteiger partial charge in [0.1, 0.15) is 11.4 Å². The van der Waals surface area contributed by atoms with Gasteiger partial charge in [-0.05, 0) is 18.2 Å². The van der Waals surface area contributed by atoms with Crippen LogP contribution in [0.25, 0.3) is 0 Å². The predicted molar refractivity (Wildman–Crippen MR) is 107 cm³/mol. The number of anilines is 1. The summed E-state index contributed by atoms with van der Waals surface area (Å²) in [4.78, 5) is 2.33. The molecule has 10 heteroatoms. The van der Waals surface area contributed by atoms with Crippen LogP contribution in [0.5, 0.6) is 5.75 Å². The number of rotatable bonds is 7. The van der Waals surface area contributed by atoms with Crippen molar-refractivity contribution in [1.29, 1.82) is 0 Å². The Morgan fingerprint density at radius 2 is 2.11 bits per heavy atom. The molecule has 0 unspecified atom stereocenters. The predicted octanol–water partition coefficient (Wildman–Crippen LogP) is 0.829. The average Bonchev–Trinajstić information content (AvgIpc) is 2.65. The second kappa shape index (κ2) is 8.64. The highest BCUT2D eigenvalue weighted by molar-refractivity contribution is 7.92. The van der Waals surface area contributed by atoms with Gasteiger partial charge in [-0.3, -0.25) is 4.72 Å². The Hall–Kier alpha value is -1.88. The molecule has 2 aliphatic rings. The minimum absolute atomic E-state index is 0.408. The Bertz CT molecular complexity index is 819. The number of hydrogen-bond acceptors (Lipinski definition) is 8. The van der Waals surface area contributed by atoms with E-state index >= 15 is 0 Å². The van der Waals surface area contributed by atoms with Crippen LogP contribution in [0, 0.1) is 0 Å². The third-order valence-corrected chi connectivity index (χ3v) is 5.72. The molecular formula is C18H28N4O5S. The summed E-state index contributed by atoms with van der Waals surface area (Å²) in [5, 5.41) is 13.0. The molecule has 4 N–H and O–H groups in total. The van der Waals surface area contributed by atoms with E-state index in [1.807, 2.05) is 0 Å². The van der Waals surface area contributed by atoms with Crippen molar-refractivity contribution in [2.45, 2.75) is 24.9 Å². The molecule has 0 aromatic heterocycles. The number of piperidine rings is 1. The lowest BCUT2D eigenvalue weighted by Gasteiger charge is -2.44. The number of nitrogens with zero attached hydrogens (tertiary/aromatic N) is 2. The van der Waals surface area contributed by atoms with Crippen LogP contribution >= 0.6 is 0 Å². The molecule has 2 aliphatic heterocycles. The van der Waals surface area contributed by atoms with Gasteiger partial charge in [0.05, 0.1) is 25.2 Å². The van der Waals surface area contributed by atoms with E-state index in [2.05, 4.69) is 14.8 Å². The fourth-order valence-corrected chi connectivity index (χ4v) is 4.28. The monoisotopic (exact) mass is 412 g/mol. The number of nitrogens with two attached hydrogens (primary N) is 1. The van der Waals surface area contributed by atoms with Crippen molar-refractivity contribution in [3.63, 3.8) is 0 Å². The number of nitrogens with one attached hydrogen (secondary N) is 1. The van der Waals surface area contributed by atoms with Gasteiger partial charge in [-0.1, -0.05) is 5.16 Å². The van der Waals surface area contributed by atoms with Crippen LogP contribution in [-0.4, -0.2) is 75.5 Å². The highest BCUT2D eigenvalue weighted by Crippen LogP contribution is 2.40. The number of hydrogen-bond donors (Lipinski definition) is 3. The molecule has 0 aliphatic carbocycles. The van der Waals surface area contributed by atoms with Gasteiger partial charge in [-0.25, -0.2) is 8.42 Å². The maximum Gasteiger partial charge on any atom is 0.229 e. The van der Waals surface area contributed by atoms with Gasteiger partial charge in [0.2, 0.25) is 10.0 Å². The van der Waals surface area contributed by atoms with Crippen molar-refractivity contribution in [3.8, 4) is 5.75 Å². The SMILES string of the molecule is CS(=O)(=O)Nc1ccc2c(c1)C(=NO)CC1(CCN(CCOCCN)CC1)O2. The maximum absolute atomic E-state index is 11.5. The van der Waals surface area contributed by atoms with Crippen molar-refractivity contribution in [2.24, 2.45) is 10.9 Å². The number of sulfonamides is 1. The zero-order chi connectivity index (χ0) is 20.2. The lowest BCUT2D eigenvalue weighted by molar-refractivity contribution is -0.00485. The van der Waals surface area contributed by atoms with Crippen LogP contribution in [0.4, 0.5) is 5.69 Å². The topological polar surface area (TPSA) is 126 Å². The summed E-state index contributed by atoms with van der Waals surface area (Å²) >= 11 is 0. The maximum atomic E-state index is 11.5. The molecule has 1 spiro atoms. The van der Waals surface area contributed by atoms with Gasteiger partial charge < -0.3 is 25.3 Å². The Labute approximate surface area is 165 Å². The molecule has 0 saturated carbocycles. The standard InChI is InChI=1S/C18H28N4O5S/c1-28(24,25)21-14-2-3-17-15(12-14)16(20-23)13-18(27-17)4-7-22(8-5-18)9-11-26-10-6-19/h2-3,12,21,23H,4-11,13,19H2,1H3. The zero-order valence-electron chi connectivity index (χ0n) is 16.1. The fourth-order valence-electron chi connectivity index (χ4n) is 3.72. The minimum Gasteiger partial charge on any atom is -0.486 e. The van der Waals surface area contributed by atoms with Crippen molar-refractivity contribution in [1.82, 2.24) is 4.90 Å². The van der Waals surface area contributed by atoms with Gasteiger partial charge in [0.25, 0.3) is 0 Å². The Kier molecular flexibility index (Phi) is 6.43. The van der Waals surface area contributed by atoms with Crippen LogP contribution in [0.2, 0.25) is 0 Å². The average molecular weight is 413 g/mol. The highest BCUT2D eigenvalue weighted by Gasteiger charge is 2.42. The first-order chi connectivity index (χ1) is 13.3. The molecule has 1 aromatic carbocycles. The van der Waals surface area contributed by atoms with E-state index in [9.17, 15) is 13.6 Å². The molecule has 0 amide bonds. The number of likely N-dealkylation sites (tertiary alicyclic amines) is 1. The van der Waals surface area contributed by atoms with E-state index in [-0.39, 0.29) is 0 Å². The number of oxime groups is 1. The molecule has 0 radical (unpaired) electrons. The summed E-state index contributed by atoms with van der Waals surface area (Å²) in [6.07, 6.45) is 3.20. The Morgan fingerprint density at radius 1 is 1.36 bits per heavy atom. The lowest BCUT2D eigenvalue weighted by atomic mass is 9.82. The third kappa shape index (κ3) is 5.13. The van der Waals surface area contributed by atoms with Gasteiger partial charge in [0.15, 0.2) is 0 Å². The van der Waals surface area contributed by atoms with Gasteiger partial charge in [0, 0.05) is 56.7 Å². The molecule has 1 aromatic rings. The molecule has 3 rings (SSSR count). The van der Waals surface area contributed by atoms with E-state index in [1.165, 1.54) is 0 Å². The molecule has 1 saturated heterocycles. The van der Waals surface area contributed by atoms with Crippen molar-refractivity contribution in [3.05, 3.63) is 23.8 Å². The second-order valence-corrected chi connectivity index (χ2v) is 9.08. The first-order valence-electron chi connectivity index (χ1n) is 9.36. The number of ether oxygens (including phenoxy) is 2. The molecule has 9 nitrogen and oxygen atoms in total. The van der Waals surface area contributed by atoms with Crippen molar-refractivity contribution in [2.75, 3.05) is 50.4 Å². The van der Waals surface area contributed by atoms with Gasteiger partial charge in [-0.2, -0.15) is 0 Å². The van der Waals surface area contributed by atoms with Crippen molar-refractivity contribution >= 4 is 21.4 Å². The second-order valence-electron chi connectivity index (χ2n) is 7.34. The number of fused-ring (bicyclic) bond motifs is 1.